The van der Waals surface area contributed by atoms with Crippen molar-refractivity contribution in [2.45, 2.75) is 45.6 Å². The molecule has 0 spiro atoms. The zero-order valence-corrected chi connectivity index (χ0v) is 9.76. The van der Waals surface area contributed by atoms with Crippen molar-refractivity contribution in [2.24, 2.45) is 0 Å². The fraction of sp³-hybridized carbons (Fsp3) is 0.909. The van der Waals surface area contributed by atoms with Gasteiger partial charge in [-0.15, -0.1) is 0 Å². The summed E-state index contributed by atoms with van der Waals surface area (Å²) in [4.78, 5) is 11.8. The number of hydrogen-bond acceptors (Lipinski definition) is 3. The van der Waals surface area contributed by atoms with Crippen molar-refractivity contribution in [1.82, 2.24) is 0 Å². The van der Waals surface area contributed by atoms with E-state index in [2.05, 4.69) is 0 Å². The van der Waals surface area contributed by atoms with Crippen molar-refractivity contribution >= 4 is 5.78 Å². The second kappa shape index (κ2) is 6.96. The Morgan fingerprint density at radius 2 is 1.79 bits per heavy atom. The van der Waals surface area contributed by atoms with Gasteiger partial charge < -0.3 is 9.47 Å². The van der Waals surface area contributed by atoms with Crippen LogP contribution in [0.1, 0.15) is 40.0 Å². The molecule has 0 bridgehead atoms. The Morgan fingerprint density at radius 1 is 1.21 bits per heavy atom. The Balaban J connectivity index is 4.15. The smallest absolute Gasteiger partial charge is 0.190 e. The molecule has 0 aromatic carbocycles. The Bertz CT molecular complexity index is 154. The lowest BCUT2D eigenvalue weighted by molar-refractivity contribution is -0.146. The molecule has 0 aliphatic heterocycles. The van der Waals surface area contributed by atoms with Crippen LogP contribution in [0.3, 0.4) is 0 Å². The number of ketones is 1. The molecule has 0 aromatic rings. The number of Topliss-reactive ketones (excluding diaryl/α,β-unsaturated/α-hetero) is 1. The van der Waals surface area contributed by atoms with E-state index in [9.17, 15) is 4.79 Å². The molecule has 0 atom stereocenters. The average molecular weight is 202 g/mol. The van der Waals surface area contributed by atoms with E-state index in [4.69, 9.17) is 9.47 Å². The fourth-order valence-corrected chi connectivity index (χ4v) is 1.49. The topological polar surface area (TPSA) is 35.5 Å². The first-order valence-electron chi connectivity index (χ1n) is 5.33. The summed E-state index contributed by atoms with van der Waals surface area (Å²) in [7, 11) is 1.59. The summed E-state index contributed by atoms with van der Waals surface area (Å²) in [5.41, 5.74) is -0.631. The highest BCUT2D eigenvalue weighted by Gasteiger charge is 2.34. The average Bonchev–Trinajstić information content (AvgIpc) is 2.22. The minimum absolute atomic E-state index is 0.0541. The van der Waals surface area contributed by atoms with Crippen molar-refractivity contribution in [3.63, 3.8) is 0 Å². The van der Waals surface area contributed by atoms with Gasteiger partial charge in [-0.05, 0) is 19.3 Å². The van der Waals surface area contributed by atoms with Crippen LogP contribution in [0, 0.1) is 0 Å². The maximum atomic E-state index is 11.8. The molecule has 0 radical (unpaired) electrons. The van der Waals surface area contributed by atoms with Crippen molar-refractivity contribution in [3.05, 3.63) is 0 Å². The van der Waals surface area contributed by atoms with Gasteiger partial charge in [-0.1, -0.05) is 20.8 Å². The molecule has 0 aliphatic carbocycles. The first-order chi connectivity index (χ1) is 6.66. The van der Waals surface area contributed by atoms with E-state index in [0.717, 1.165) is 6.42 Å². The summed E-state index contributed by atoms with van der Waals surface area (Å²) in [5.74, 6) is 0.0541. The molecule has 14 heavy (non-hydrogen) atoms. The molecule has 3 nitrogen and oxygen atoms in total. The van der Waals surface area contributed by atoms with E-state index in [-0.39, 0.29) is 12.4 Å². The van der Waals surface area contributed by atoms with Gasteiger partial charge in [-0.2, -0.15) is 0 Å². The number of carbonyl (C=O) groups excluding carboxylic acids is 1. The second-order valence-electron chi connectivity index (χ2n) is 3.38. The van der Waals surface area contributed by atoms with Gasteiger partial charge >= 0.3 is 0 Å². The lowest BCUT2D eigenvalue weighted by Gasteiger charge is -2.28. The Kier molecular flexibility index (Phi) is 6.75. The molecule has 0 N–H and O–H groups in total. The number of carbonyl (C=O) groups is 1. The number of rotatable bonds is 8. The second-order valence-corrected chi connectivity index (χ2v) is 3.38. The van der Waals surface area contributed by atoms with Gasteiger partial charge in [0.15, 0.2) is 5.78 Å². The van der Waals surface area contributed by atoms with Crippen LogP contribution in [0.15, 0.2) is 0 Å². The standard InChI is InChI=1S/C11H22O3/c1-5-8-14-9-10(12)11(6-2,7-3)13-4/h5-9H2,1-4H3. The zero-order valence-electron chi connectivity index (χ0n) is 9.76. The largest absolute Gasteiger partial charge is 0.374 e. The molecular formula is C11H22O3. The van der Waals surface area contributed by atoms with Gasteiger partial charge in [0.25, 0.3) is 0 Å². The molecule has 0 aromatic heterocycles. The third-order valence-electron chi connectivity index (χ3n) is 2.62. The number of ether oxygens (including phenoxy) is 2. The van der Waals surface area contributed by atoms with E-state index >= 15 is 0 Å². The van der Waals surface area contributed by atoms with Gasteiger partial charge in [0.05, 0.1) is 0 Å². The lowest BCUT2D eigenvalue weighted by Crippen LogP contribution is -2.42. The highest BCUT2D eigenvalue weighted by atomic mass is 16.5. The van der Waals surface area contributed by atoms with Crippen LogP contribution in [-0.2, 0) is 14.3 Å². The molecule has 0 rings (SSSR count). The molecule has 0 amide bonds. The van der Waals surface area contributed by atoms with E-state index in [1.165, 1.54) is 0 Å². The molecule has 0 unspecified atom stereocenters. The van der Waals surface area contributed by atoms with Crippen molar-refractivity contribution in [3.8, 4) is 0 Å². The first kappa shape index (κ1) is 13.6. The normalized spacial score (nSPS) is 11.7. The Labute approximate surface area is 86.8 Å². The molecule has 84 valence electrons. The summed E-state index contributed by atoms with van der Waals surface area (Å²) in [5, 5.41) is 0. The van der Waals surface area contributed by atoms with E-state index in [0.29, 0.717) is 19.4 Å². The minimum atomic E-state index is -0.631. The minimum Gasteiger partial charge on any atom is -0.374 e. The summed E-state index contributed by atoms with van der Waals surface area (Å²) in [6.45, 7) is 6.76. The van der Waals surface area contributed by atoms with Gasteiger partial charge in [0.1, 0.15) is 12.2 Å². The fourth-order valence-electron chi connectivity index (χ4n) is 1.49. The summed E-state index contributed by atoms with van der Waals surface area (Å²) in [6.07, 6.45) is 2.34. The van der Waals surface area contributed by atoms with E-state index in [1.807, 2.05) is 20.8 Å². The van der Waals surface area contributed by atoms with Gasteiger partial charge in [0.2, 0.25) is 0 Å². The molecule has 0 aliphatic rings. The van der Waals surface area contributed by atoms with Gasteiger partial charge in [-0.3, -0.25) is 4.79 Å². The van der Waals surface area contributed by atoms with Crippen LogP contribution in [0.25, 0.3) is 0 Å². The summed E-state index contributed by atoms with van der Waals surface area (Å²) >= 11 is 0. The van der Waals surface area contributed by atoms with Gasteiger partial charge in [0, 0.05) is 13.7 Å². The quantitative estimate of drug-likeness (QED) is 0.566. The molecule has 0 heterocycles. The first-order valence-corrected chi connectivity index (χ1v) is 5.33. The molecule has 0 saturated carbocycles. The molecule has 3 heteroatoms. The number of hydrogen-bond donors (Lipinski definition) is 0. The van der Waals surface area contributed by atoms with Crippen molar-refractivity contribution < 1.29 is 14.3 Å². The van der Waals surface area contributed by atoms with Crippen LogP contribution in [0.5, 0.6) is 0 Å². The SMILES string of the molecule is CCCOCC(=O)C(CC)(CC)OC. The predicted molar refractivity (Wildman–Crippen MR) is 56.4 cm³/mol. The highest BCUT2D eigenvalue weighted by Crippen LogP contribution is 2.20. The molecule has 0 fully saturated rings. The van der Waals surface area contributed by atoms with Crippen molar-refractivity contribution in [1.29, 1.82) is 0 Å². The van der Waals surface area contributed by atoms with Crippen LogP contribution in [0.4, 0.5) is 0 Å². The third-order valence-corrected chi connectivity index (χ3v) is 2.62. The maximum absolute atomic E-state index is 11.8. The summed E-state index contributed by atoms with van der Waals surface area (Å²) < 4.78 is 10.5. The van der Waals surface area contributed by atoms with E-state index < -0.39 is 5.60 Å². The monoisotopic (exact) mass is 202 g/mol. The molecule has 0 saturated heterocycles. The van der Waals surface area contributed by atoms with Crippen LogP contribution < -0.4 is 0 Å². The summed E-state index contributed by atoms with van der Waals surface area (Å²) in [6, 6.07) is 0. The number of methoxy groups -OCH3 is 1. The van der Waals surface area contributed by atoms with Crippen LogP contribution in [0.2, 0.25) is 0 Å². The van der Waals surface area contributed by atoms with E-state index in [1.54, 1.807) is 7.11 Å². The third kappa shape index (κ3) is 3.39. The Hall–Kier alpha value is -0.410. The van der Waals surface area contributed by atoms with Crippen LogP contribution in [-0.4, -0.2) is 31.7 Å². The lowest BCUT2D eigenvalue weighted by atomic mass is 9.92. The maximum Gasteiger partial charge on any atom is 0.190 e. The van der Waals surface area contributed by atoms with Crippen LogP contribution >= 0.6 is 0 Å². The molecular weight excluding hydrogens is 180 g/mol. The van der Waals surface area contributed by atoms with Gasteiger partial charge in [-0.25, -0.2) is 0 Å². The Morgan fingerprint density at radius 3 is 2.14 bits per heavy atom. The highest BCUT2D eigenvalue weighted by molar-refractivity contribution is 5.88. The zero-order chi connectivity index (χ0) is 11.0. The van der Waals surface area contributed by atoms with Crippen molar-refractivity contribution in [2.75, 3.05) is 20.3 Å². The predicted octanol–water partition coefficient (Wildman–Crippen LogP) is 2.19.